The maximum atomic E-state index is 5.56. The molecule has 0 amide bonds. The molecule has 1 aromatic carbocycles. The molecular weight excluding hydrogens is 304 g/mol. The number of hydrogen-bond donors (Lipinski definition) is 1. The molecule has 0 radical (unpaired) electrons. The van der Waals surface area contributed by atoms with Crippen molar-refractivity contribution in [3.63, 3.8) is 0 Å². The molecular formula is C15H19BrN2O. The summed E-state index contributed by atoms with van der Waals surface area (Å²) in [5, 5.41) is 3.12. The largest absolute Gasteiger partial charge is 0.468 e. The molecule has 0 saturated carbocycles. The molecule has 0 atom stereocenters. The van der Waals surface area contributed by atoms with Crippen LogP contribution in [-0.2, 0) is 19.6 Å². The molecule has 0 aliphatic heterocycles. The van der Waals surface area contributed by atoms with Crippen LogP contribution in [0.2, 0.25) is 0 Å². The van der Waals surface area contributed by atoms with Gasteiger partial charge in [-0.3, -0.25) is 4.90 Å². The lowest BCUT2D eigenvalue weighted by Crippen LogP contribution is -2.16. The molecule has 1 heterocycles. The zero-order valence-corrected chi connectivity index (χ0v) is 12.9. The third kappa shape index (κ3) is 4.49. The third-order valence-electron chi connectivity index (χ3n) is 2.86. The quantitative estimate of drug-likeness (QED) is 0.883. The standard InChI is InChI=1S/C15H19BrN2O/c1-17-8-13-7-15(19-11-13)10-18(2)9-12-4-3-5-14(16)6-12/h3-7,11,17H,8-10H2,1-2H3. The van der Waals surface area contributed by atoms with Crippen molar-refractivity contribution < 1.29 is 4.42 Å². The Labute approximate surface area is 122 Å². The Morgan fingerprint density at radius 2 is 2.05 bits per heavy atom. The lowest BCUT2D eigenvalue weighted by atomic mass is 10.2. The van der Waals surface area contributed by atoms with E-state index in [0.29, 0.717) is 0 Å². The lowest BCUT2D eigenvalue weighted by molar-refractivity contribution is 0.288. The van der Waals surface area contributed by atoms with Crippen LogP contribution < -0.4 is 5.32 Å². The molecule has 2 aromatic rings. The molecule has 1 N–H and O–H groups in total. The number of furan rings is 1. The first-order valence-corrected chi connectivity index (χ1v) is 7.10. The van der Waals surface area contributed by atoms with Crippen LogP contribution in [0.5, 0.6) is 0 Å². The Kier molecular flexibility index (Phi) is 5.19. The fourth-order valence-corrected chi connectivity index (χ4v) is 2.52. The average molecular weight is 323 g/mol. The Hall–Kier alpha value is -1.10. The summed E-state index contributed by atoms with van der Waals surface area (Å²) < 4.78 is 6.68. The van der Waals surface area contributed by atoms with Crippen molar-refractivity contribution in [1.82, 2.24) is 10.2 Å². The van der Waals surface area contributed by atoms with Gasteiger partial charge in [-0.1, -0.05) is 28.1 Å². The molecule has 102 valence electrons. The van der Waals surface area contributed by atoms with Crippen molar-refractivity contribution in [1.29, 1.82) is 0 Å². The summed E-state index contributed by atoms with van der Waals surface area (Å²) in [6.45, 7) is 2.57. The molecule has 0 fully saturated rings. The van der Waals surface area contributed by atoms with E-state index in [1.807, 2.05) is 19.4 Å². The highest BCUT2D eigenvalue weighted by atomic mass is 79.9. The summed E-state index contributed by atoms with van der Waals surface area (Å²) in [7, 11) is 4.03. The van der Waals surface area contributed by atoms with Crippen molar-refractivity contribution in [2.24, 2.45) is 0 Å². The summed E-state index contributed by atoms with van der Waals surface area (Å²) in [5.74, 6) is 1.00. The van der Waals surface area contributed by atoms with E-state index >= 15 is 0 Å². The van der Waals surface area contributed by atoms with Gasteiger partial charge in [0.2, 0.25) is 0 Å². The summed E-state index contributed by atoms with van der Waals surface area (Å²) in [4.78, 5) is 2.24. The van der Waals surface area contributed by atoms with Crippen LogP contribution in [-0.4, -0.2) is 19.0 Å². The van der Waals surface area contributed by atoms with Gasteiger partial charge in [0.15, 0.2) is 0 Å². The van der Waals surface area contributed by atoms with E-state index in [1.165, 1.54) is 11.1 Å². The van der Waals surface area contributed by atoms with Crippen LogP contribution in [0.1, 0.15) is 16.9 Å². The van der Waals surface area contributed by atoms with Crippen molar-refractivity contribution in [2.75, 3.05) is 14.1 Å². The van der Waals surface area contributed by atoms with E-state index in [9.17, 15) is 0 Å². The smallest absolute Gasteiger partial charge is 0.118 e. The van der Waals surface area contributed by atoms with E-state index in [-0.39, 0.29) is 0 Å². The van der Waals surface area contributed by atoms with Gasteiger partial charge in [0.25, 0.3) is 0 Å². The zero-order valence-electron chi connectivity index (χ0n) is 11.3. The molecule has 0 spiro atoms. The average Bonchev–Trinajstić information content (AvgIpc) is 2.77. The fourth-order valence-electron chi connectivity index (χ4n) is 2.07. The van der Waals surface area contributed by atoms with Crippen LogP contribution in [0.25, 0.3) is 0 Å². The number of hydrogen-bond acceptors (Lipinski definition) is 3. The van der Waals surface area contributed by atoms with Gasteiger partial charge in [-0.05, 0) is 37.9 Å². The highest BCUT2D eigenvalue weighted by Crippen LogP contribution is 2.15. The van der Waals surface area contributed by atoms with Gasteiger partial charge in [0.1, 0.15) is 5.76 Å². The Balaban J connectivity index is 1.91. The minimum atomic E-state index is 0.816. The van der Waals surface area contributed by atoms with E-state index in [0.717, 1.165) is 29.9 Å². The second-order valence-electron chi connectivity index (χ2n) is 4.75. The van der Waals surface area contributed by atoms with Crippen LogP contribution >= 0.6 is 15.9 Å². The van der Waals surface area contributed by atoms with E-state index < -0.39 is 0 Å². The predicted octanol–water partition coefficient (Wildman–Crippen LogP) is 3.39. The van der Waals surface area contributed by atoms with Gasteiger partial charge in [0.05, 0.1) is 12.8 Å². The number of halogens is 1. The summed E-state index contributed by atoms with van der Waals surface area (Å²) in [6, 6.07) is 10.5. The highest BCUT2D eigenvalue weighted by molar-refractivity contribution is 9.10. The maximum absolute atomic E-state index is 5.56. The summed E-state index contributed by atoms with van der Waals surface area (Å²) in [5.41, 5.74) is 2.48. The molecule has 0 saturated heterocycles. The molecule has 0 unspecified atom stereocenters. The van der Waals surface area contributed by atoms with Gasteiger partial charge < -0.3 is 9.73 Å². The van der Waals surface area contributed by atoms with Crippen LogP contribution in [0, 0.1) is 0 Å². The first kappa shape index (κ1) is 14.3. The Morgan fingerprint density at radius 1 is 1.21 bits per heavy atom. The number of nitrogens with one attached hydrogen (secondary N) is 1. The van der Waals surface area contributed by atoms with Gasteiger partial charge in [-0.25, -0.2) is 0 Å². The summed E-state index contributed by atoms with van der Waals surface area (Å²) in [6.07, 6.45) is 1.82. The van der Waals surface area contributed by atoms with Crippen molar-refractivity contribution in [3.05, 3.63) is 58.0 Å². The van der Waals surface area contributed by atoms with Crippen LogP contribution in [0.15, 0.2) is 45.5 Å². The fraction of sp³-hybridized carbons (Fsp3) is 0.333. The molecule has 0 bridgehead atoms. The monoisotopic (exact) mass is 322 g/mol. The summed E-state index contributed by atoms with van der Waals surface area (Å²) >= 11 is 3.50. The van der Waals surface area contributed by atoms with Crippen LogP contribution in [0.4, 0.5) is 0 Å². The second kappa shape index (κ2) is 6.89. The normalized spacial score (nSPS) is 11.2. The van der Waals surface area contributed by atoms with Crippen molar-refractivity contribution in [3.8, 4) is 0 Å². The maximum Gasteiger partial charge on any atom is 0.118 e. The third-order valence-corrected chi connectivity index (χ3v) is 3.35. The number of benzene rings is 1. The van der Waals surface area contributed by atoms with E-state index in [1.54, 1.807) is 0 Å². The molecule has 3 nitrogen and oxygen atoms in total. The first-order valence-electron chi connectivity index (χ1n) is 6.31. The Bertz CT molecular complexity index is 524. The zero-order chi connectivity index (χ0) is 13.7. The Morgan fingerprint density at radius 3 is 2.79 bits per heavy atom. The highest BCUT2D eigenvalue weighted by Gasteiger charge is 2.06. The van der Waals surface area contributed by atoms with Gasteiger partial charge in [0, 0.05) is 23.1 Å². The number of rotatable bonds is 6. The molecule has 19 heavy (non-hydrogen) atoms. The molecule has 4 heteroatoms. The number of nitrogens with zero attached hydrogens (tertiary/aromatic N) is 1. The van der Waals surface area contributed by atoms with Gasteiger partial charge >= 0.3 is 0 Å². The molecule has 0 aliphatic carbocycles. The van der Waals surface area contributed by atoms with E-state index in [2.05, 4.69) is 57.5 Å². The minimum Gasteiger partial charge on any atom is -0.468 e. The van der Waals surface area contributed by atoms with Gasteiger partial charge in [-0.2, -0.15) is 0 Å². The topological polar surface area (TPSA) is 28.4 Å². The van der Waals surface area contributed by atoms with Gasteiger partial charge in [-0.15, -0.1) is 0 Å². The van der Waals surface area contributed by atoms with Crippen LogP contribution in [0.3, 0.4) is 0 Å². The molecule has 2 rings (SSSR count). The second-order valence-corrected chi connectivity index (χ2v) is 5.67. The molecule has 0 aliphatic rings. The molecule has 1 aromatic heterocycles. The minimum absolute atomic E-state index is 0.816. The predicted molar refractivity (Wildman–Crippen MR) is 80.8 cm³/mol. The van der Waals surface area contributed by atoms with Crippen molar-refractivity contribution in [2.45, 2.75) is 19.6 Å². The first-order chi connectivity index (χ1) is 9.17. The lowest BCUT2D eigenvalue weighted by Gasteiger charge is -2.15. The van der Waals surface area contributed by atoms with Crippen molar-refractivity contribution >= 4 is 15.9 Å². The SMILES string of the molecule is CNCc1coc(CN(C)Cc2cccc(Br)c2)c1. The van der Waals surface area contributed by atoms with E-state index in [4.69, 9.17) is 4.42 Å².